The summed E-state index contributed by atoms with van der Waals surface area (Å²) in [4.78, 5) is 11.8. The van der Waals surface area contributed by atoms with Crippen molar-refractivity contribution in [3.8, 4) is 5.88 Å². The highest BCUT2D eigenvalue weighted by molar-refractivity contribution is 5.69. The molecule has 0 atom stereocenters. The molecule has 1 aromatic heterocycles. The first-order chi connectivity index (χ1) is 9.19. The van der Waals surface area contributed by atoms with Crippen molar-refractivity contribution >= 4 is 6.09 Å². The molecule has 0 saturated heterocycles. The molecule has 20 heavy (non-hydrogen) atoms. The number of halogens is 1. The minimum atomic E-state index is -0.917. The lowest BCUT2D eigenvalue weighted by Crippen LogP contribution is -2.66. The largest absolute Gasteiger partial charge is 0.476 e. The van der Waals surface area contributed by atoms with Crippen LogP contribution in [0.3, 0.4) is 0 Å². The number of aromatic nitrogens is 2. The van der Waals surface area contributed by atoms with Gasteiger partial charge in [0, 0.05) is 17.7 Å². The maximum absolute atomic E-state index is 13.4. The molecule has 1 heterocycles. The molecule has 4 rings (SSSR count). The Bertz CT molecular complexity index is 527. The van der Waals surface area contributed by atoms with Crippen molar-refractivity contribution in [2.24, 2.45) is 5.41 Å². The maximum atomic E-state index is 13.4. The molecule has 0 spiro atoms. The molecule has 1 aromatic rings. The average molecular weight is 282 g/mol. The third-order valence-corrected chi connectivity index (χ3v) is 3.75. The molecule has 0 amide bonds. The number of alkyl halides is 1. The zero-order valence-corrected chi connectivity index (χ0v) is 12.0. The predicted molar refractivity (Wildman–Crippen MR) is 69.5 cm³/mol. The van der Waals surface area contributed by atoms with Crippen LogP contribution < -0.4 is 4.74 Å². The van der Waals surface area contributed by atoms with Crippen LogP contribution in [0.5, 0.6) is 5.88 Å². The summed E-state index contributed by atoms with van der Waals surface area (Å²) in [6.45, 7) is 5.84. The lowest BCUT2D eigenvalue weighted by Gasteiger charge is -2.65. The summed E-state index contributed by atoms with van der Waals surface area (Å²) in [7, 11) is 0. The van der Waals surface area contributed by atoms with Crippen LogP contribution in [-0.4, -0.2) is 33.8 Å². The van der Waals surface area contributed by atoms with Crippen molar-refractivity contribution in [3.63, 3.8) is 0 Å². The first kappa shape index (κ1) is 13.4. The van der Waals surface area contributed by atoms with E-state index in [2.05, 4.69) is 5.10 Å². The van der Waals surface area contributed by atoms with Gasteiger partial charge in [-0.15, -0.1) is 5.10 Å². The van der Waals surface area contributed by atoms with Crippen LogP contribution in [0.4, 0.5) is 9.18 Å². The smallest absolute Gasteiger partial charge is 0.435 e. The van der Waals surface area contributed by atoms with E-state index in [9.17, 15) is 9.18 Å². The Balaban J connectivity index is 1.53. The zero-order chi connectivity index (χ0) is 14.6. The fraction of sp³-hybridized carbons (Fsp3) is 0.714. The second kappa shape index (κ2) is 3.96. The van der Waals surface area contributed by atoms with Gasteiger partial charge in [-0.3, -0.25) is 0 Å². The van der Waals surface area contributed by atoms with Crippen LogP contribution in [0.2, 0.25) is 0 Å². The van der Waals surface area contributed by atoms with E-state index >= 15 is 0 Å². The van der Waals surface area contributed by atoms with Gasteiger partial charge in [-0.1, -0.05) is 0 Å². The molecule has 3 fully saturated rings. The maximum Gasteiger partial charge on any atom is 0.435 e. The number of carbonyl (C=O) groups excluding carboxylic acids is 1. The Morgan fingerprint density at radius 2 is 2.10 bits per heavy atom. The van der Waals surface area contributed by atoms with Crippen molar-refractivity contribution in [2.45, 2.75) is 51.3 Å². The van der Waals surface area contributed by atoms with Crippen LogP contribution in [0, 0.1) is 5.41 Å². The van der Waals surface area contributed by atoms with Gasteiger partial charge >= 0.3 is 6.09 Å². The summed E-state index contributed by atoms with van der Waals surface area (Å²) in [5, 5.41) is 4.02. The lowest BCUT2D eigenvalue weighted by molar-refractivity contribution is -0.226. The van der Waals surface area contributed by atoms with Crippen molar-refractivity contribution in [1.29, 1.82) is 0 Å². The van der Waals surface area contributed by atoms with Crippen LogP contribution in [0.15, 0.2) is 12.3 Å². The summed E-state index contributed by atoms with van der Waals surface area (Å²) >= 11 is 0. The van der Waals surface area contributed by atoms with Crippen molar-refractivity contribution in [3.05, 3.63) is 12.3 Å². The van der Waals surface area contributed by atoms with E-state index in [0.717, 1.165) is 4.68 Å². The summed E-state index contributed by atoms with van der Waals surface area (Å²) < 4.78 is 25.2. The summed E-state index contributed by atoms with van der Waals surface area (Å²) in [6, 6.07) is 1.61. The molecule has 0 unspecified atom stereocenters. The van der Waals surface area contributed by atoms with Crippen LogP contribution in [0.1, 0.15) is 40.0 Å². The van der Waals surface area contributed by atoms with Crippen LogP contribution in [0.25, 0.3) is 0 Å². The molecule has 0 radical (unpaired) electrons. The topological polar surface area (TPSA) is 53.4 Å². The molecular formula is C14H19FN2O3. The predicted octanol–water partition coefficient (Wildman–Crippen LogP) is 2.94. The van der Waals surface area contributed by atoms with Gasteiger partial charge in [0.25, 0.3) is 0 Å². The van der Waals surface area contributed by atoms with E-state index in [-0.39, 0.29) is 5.41 Å². The molecule has 110 valence electrons. The Morgan fingerprint density at radius 3 is 2.65 bits per heavy atom. The van der Waals surface area contributed by atoms with Crippen molar-refractivity contribution < 1.29 is 18.7 Å². The Morgan fingerprint density at radius 1 is 1.45 bits per heavy atom. The first-order valence-electron chi connectivity index (χ1n) is 6.80. The number of ether oxygens (including phenoxy) is 2. The van der Waals surface area contributed by atoms with Crippen molar-refractivity contribution in [2.75, 3.05) is 6.61 Å². The monoisotopic (exact) mass is 282 g/mol. The van der Waals surface area contributed by atoms with Gasteiger partial charge < -0.3 is 9.47 Å². The molecule has 0 aliphatic heterocycles. The fourth-order valence-electron chi connectivity index (χ4n) is 3.04. The van der Waals surface area contributed by atoms with Crippen molar-refractivity contribution in [1.82, 2.24) is 9.78 Å². The molecule has 2 bridgehead atoms. The second-order valence-corrected chi connectivity index (χ2v) is 7.05. The highest BCUT2D eigenvalue weighted by atomic mass is 19.1. The third-order valence-electron chi connectivity index (χ3n) is 3.75. The van der Waals surface area contributed by atoms with Gasteiger partial charge in [-0.25, -0.2) is 9.18 Å². The van der Waals surface area contributed by atoms with E-state index in [1.807, 2.05) is 0 Å². The Labute approximate surface area is 117 Å². The summed E-state index contributed by atoms with van der Waals surface area (Å²) in [5.74, 6) is 0.369. The van der Waals surface area contributed by atoms with Crippen LogP contribution in [-0.2, 0) is 4.74 Å². The number of hydrogen-bond acceptors (Lipinski definition) is 4. The molecule has 0 N–H and O–H groups in total. The molecular weight excluding hydrogens is 263 g/mol. The minimum absolute atomic E-state index is 0.00441. The number of nitrogens with zero attached hydrogens (tertiary/aromatic N) is 2. The fourth-order valence-corrected chi connectivity index (χ4v) is 3.04. The van der Waals surface area contributed by atoms with E-state index in [4.69, 9.17) is 9.47 Å². The number of rotatable bonds is 3. The number of carbonyl (C=O) groups is 1. The van der Waals surface area contributed by atoms with Gasteiger partial charge in [-0.05, 0) is 40.0 Å². The second-order valence-electron chi connectivity index (χ2n) is 7.05. The van der Waals surface area contributed by atoms with E-state index in [1.54, 1.807) is 26.8 Å². The Hall–Kier alpha value is -1.59. The zero-order valence-electron chi connectivity index (χ0n) is 12.0. The highest BCUT2D eigenvalue weighted by Crippen LogP contribution is 2.69. The third kappa shape index (κ3) is 2.39. The first-order valence-corrected chi connectivity index (χ1v) is 6.80. The molecule has 3 aliphatic rings. The SMILES string of the molecule is CC(C)(C)OC(=O)n1ccc(OCC23CC(F)(C2)C3)n1. The van der Waals surface area contributed by atoms with Gasteiger partial charge in [-0.2, -0.15) is 4.68 Å². The van der Waals surface area contributed by atoms with Gasteiger partial charge in [0.2, 0.25) is 5.88 Å². The quantitative estimate of drug-likeness (QED) is 0.855. The molecule has 6 heteroatoms. The summed E-state index contributed by atoms with van der Waals surface area (Å²) in [6.07, 6.45) is 2.73. The molecule has 3 aliphatic carbocycles. The van der Waals surface area contributed by atoms with Gasteiger partial charge in [0.1, 0.15) is 11.3 Å². The standard InChI is InChI=1S/C14H19FN2O3/c1-12(2,3)20-11(18)17-5-4-10(16-17)19-9-13-6-14(15,7-13)8-13/h4-5H,6-9H2,1-3H3. The Kier molecular flexibility index (Phi) is 2.65. The molecule has 0 aromatic carbocycles. The highest BCUT2D eigenvalue weighted by Gasteiger charge is 2.69. The van der Waals surface area contributed by atoms with E-state index in [1.165, 1.54) is 6.20 Å². The van der Waals surface area contributed by atoms with Gasteiger partial charge in [0.05, 0.1) is 6.61 Å². The number of hydrogen-bond donors (Lipinski definition) is 0. The summed E-state index contributed by atoms with van der Waals surface area (Å²) in [5.41, 5.74) is -1.48. The molecule has 3 saturated carbocycles. The molecule has 5 nitrogen and oxygen atoms in total. The van der Waals surface area contributed by atoms with E-state index in [0.29, 0.717) is 31.7 Å². The van der Waals surface area contributed by atoms with E-state index < -0.39 is 17.4 Å². The average Bonchev–Trinajstić information content (AvgIpc) is 2.67. The normalized spacial score (nSPS) is 31.2. The van der Waals surface area contributed by atoms with Gasteiger partial charge in [0.15, 0.2) is 0 Å². The lowest BCUT2D eigenvalue weighted by atomic mass is 9.43. The van der Waals surface area contributed by atoms with Crippen LogP contribution >= 0.6 is 0 Å². The minimum Gasteiger partial charge on any atom is -0.476 e.